The molecule has 1 aromatic rings. The SMILES string of the molecule is Cc1cccc(C)c1NC(=O)CN1CCN([C@@H](C)C(=O)N[C@H]2CCCC[C@@H]2C)CC1. The average molecular weight is 415 g/mol. The second kappa shape index (κ2) is 10.4. The van der Waals surface area contributed by atoms with E-state index in [4.69, 9.17) is 0 Å². The summed E-state index contributed by atoms with van der Waals surface area (Å²) in [5, 5.41) is 6.36. The van der Waals surface area contributed by atoms with Gasteiger partial charge in [0.05, 0.1) is 12.6 Å². The summed E-state index contributed by atoms with van der Waals surface area (Å²) >= 11 is 0. The van der Waals surface area contributed by atoms with Crippen LogP contribution < -0.4 is 10.6 Å². The van der Waals surface area contributed by atoms with Crippen LogP contribution in [0.3, 0.4) is 0 Å². The Morgan fingerprint density at radius 1 is 1.07 bits per heavy atom. The summed E-state index contributed by atoms with van der Waals surface area (Å²) in [6.07, 6.45) is 4.81. The summed E-state index contributed by atoms with van der Waals surface area (Å²) in [6.45, 7) is 11.9. The Morgan fingerprint density at radius 2 is 1.70 bits per heavy atom. The largest absolute Gasteiger partial charge is 0.352 e. The van der Waals surface area contributed by atoms with Crippen LogP contribution in [-0.4, -0.2) is 66.4 Å². The molecule has 2 N–H and O–H groups in total. The Morgan fingerprint density at radius 3 is 2.33 bits per heavy atom. The van der Waals surface area contributed by atoms with Crippen molar-refractivity contribution in [1.82, 2.24) is 15.1 Å². The molecule has 1 saturated carbocycles. The van der Waals surface area contributed by atoms with E-state index in [-0.39, 0.29) is 17.9 Å². The predicted octanol–water partition coefficient (Wildman–Crippen LogP) is 2.94. The minimum atomic E-state index is -0.121. The van der Waals surface area contributed by atoms with Gasteiger partial charge in [0.15, 0.2) is 0 Å². The van der Waals surface area contributed by atoms with Crippen molar-refractivity contribution in [2.45, 2.75) is 65.5 Å². The number of benzene rings is 1. The van der Waals surface area contributed by atoms with E-state index in [0.717, 1.165) is 49.4 Å². The van der Waals surface area contributed by atoms with E-state index in [1.165, 1.54) is 19.3 Å². The standard InChI is InChI=1S/C24H38N4O2/c1-17-8-5-6-11-21(17)25-24(30)20(4)28-14-12-27(13-15-28)16-22(29)26-23-18(2)9-7-10-19(23)3/h7,9-10,17,20-21H,5-6,8,11-16H2,1-4H3,(H,25,30)(H,26,29)/t17-,20-,21-/m0/s1. The first-order valence-corrected chi connectivity index (χ1v) is 11.5. The quantitative estimate of drug-likeness (QED) is 0.751. The van der Waals surface area contributed by atoms with Crippen LogP contribution in [0.15, 0.2) is 18.2 Å². The van der Waals surface area contributed by atoms with Gasteiger partial charge in [-0.05, 0) is 50.7 Å². The molecular formula is C24H38N4O2. The molecule has 0 unspecified atom stereocenters. The minimum absolute atomic E-state index is 0.0259. The monoisotopic (exact) mass is 414 g/mol. The lowest BCUT2D eigenvalue weighted by atomic mass is 9.86. The van der Waals surface area contributed by atoms with Crippen molar-refractivity contribution in [3.63, 3.8) is 0 Å². The molecule has 0 spiro atoms. The maximum Gasteiger partial charge on any atom is 0.238 e. The molecule has 2 fully saturated rings. The Balaban J connectivity index is 1.43. The fourth-order valence-electron chi connectivity index (χ4n) is 4.70. The molecule has 3 atom stereocenters. The molecule has 1 aromatic carbocycles. The first-order chi connectivity index (χ1) is 14.3. The molecule has 166 valence electrons. The Hall–Kier alpha value is -1.92. The van der Waals surface area contributed by atoms with E-state index in [9.17, 15) is 9.59 Å². The second-order valence-corrected chi connectivity index (χ2v) is 9.18. The van der Waals surface area contributed by atoms with Crippen molar-refractivity contribution >= 4 is 17.5 Å². The summed E-state index contributed by atoms with van der Waals surface area (Å²) in [4.78, 5) is 29.7. The molecule has 0 aromatic heterocycles. The molecule has 6 nitrogen and oxygen atoms in total. The third-order valence-corrected chi connectivity index (χ3v) is 6.89. The molecule has 1 aliphatic carbocycles. The summed E-state index contributed by atoms with van der Waals surface area (Å²) in [5.41, 5.74) is 3.09. The van der Waals surface area contributed by atoms with E-state index in [2.05, 4.69) is 27.4 Å². The maximum atomic E-state index is 12.8. The Labute approximate surface area is 181 Å². The molecule has 0 radical (unpaired) electrons. The van der Waals surface area contributed by atoms with Gasteiger partial charge in [0.25, 0.3) is 0 Å². The van der Waals surface area contributed by atoms with Crippen LogP contribution in [-0.2, 0) is 9.59 Å². The van der Waals surface area contributed by atoms with Gasteiger partial charge in [0.2, 0.25) is 11.8 Å². The van der Waals surface area contributed by atoms with E-state index in [1.807, 2.05) is 39.0 Å². The summed E-state index contributed by atoms with van der Waals surface area (Å²) < 4.78 is 0. The number of amides is 2. The number of para-hydroxylation sites is 1. The molecular weight excluding hydrogens is 376 g/mol. The highest BCUT2D eigenvalue weighted by atomic mass is 16.2. The Bertz CT molecular complexity index is 722. The zero-order valence-electron chi connectivity index (χ0n) is 19.0. The van der Waals surface area contributed by atoms with Gasteiger partial charge in [-0.15, -0.1) is 0 Å². The number of nitrogens with zero attached hydrogens (tertiary/aromatic N) is 2. The highest BCUT2D eigenvalue weighted by Gasteiger charge is 2.29. The van der Waals surface area contributed by atoms with Gasteiger partial charge < -0.3 is 10.6 Å². The molecule has 3 rings (SSSR count). The van der Waals surface area contributed by atoms with Crippen molar-refractivity contribution in [3.05, 3.63) is 29.3 Å². The zero-order chi connectivity index (χ0) is 21.7. The summed E-state index contributed by atoms with van der Waals surface area (Å²) in [7, 11) is 0. The lowest BCUT2D eigenvalue weighted by Gasteiger charge is -2.38. The number of aryl methyl sites for hydroxylation is 2. The average Bonchev–Trinajstić information content (AvgIpc) is 2.72. The van der Waals surface area contributed by atoms with Gasteiger partial charge >= 0.3 is 0 Å². The smallest absolute Gasteiger partial charge is 0.238 e. The van der Waals surface area contributed by atoms with Crippen LogP contribution in [0.2, 0.25) is 0 Å². The highest BCUT2D eigenvalue weighted by molar-refractivity contribution is 5.93. The third-order valence-electron chi connectivity index (χ3n) is 6.89. The number of piperazine rings is 1. The normalized spacial score (nSPS) is 24.3. The van der Waals surface area contributed by atoms with Crippen LogP contribution in [0.1, 0.15) is 50.7 Å². The fourth-order valence-corrected chi connectivity index (χ4v) is 4.70. The number of hydrogen-bond acceptors (Lipinski definition) is 4. The lowest BCUT2D eigenvalue weighted by Crippen LogP contribution is -2.56. The minimum Gasteiger partial charge on any atom is -0.352 e. The van der Waals surface area contributed by atoms with Crippen molar-refractivity contribution in [3.8, 4) is 0 Å². The third kappa shape index (κ3) is 5.82. The first kappa shape index (κ1) is 22.8. The number of rotatable bonds is 6. The van der Waals surface area contributed by atoms with E-state index >= 15 is 0 Å². The molecule has 30 heavy (non-hydrogen) atoms. The van der Waals surface area contributed by atoms with Gasteiger partial charge in [0.1, 0.15) is 0 Å². The van der Waals surface area contributed by atoms with Crippen LogP contribution in [0.4, 0.5) is 5.69 Å². The second-order valence-electron chi connectivity index (χ2n) is 9.18. The van der Waals surface area contributed by atoms with Crippen molar-refractivity contribution in [1.29, 1.82) is 0 Å². The number of anilines is 1. The highest BCUT2D eigenvalue weighted by Crippen LogP contribution is 2.24. The van der Waals surface area contributed by atoms with Crippen LogP contribution in [0.25, 0.3) is 0 Å². The van der Waals surface area contributed by atoms with Crippen LogP contribution in [0.5, 0.6) is 0 Å². The van der Waals surface area contributed by atoms with Crippen LogP contribution in [0, 0.1) is 19.8 Å². The van der Waals surface area contributed by atoms with Gasteiger partial charge in [0, 0.05) is 37.9 Å². The van der Waals surface area contributed by atoms with Crippen LogP contribution >= 0.6 is 0 Å². The lowest BCUT2D eigenvalue weighted by molar-refractivity contribution is -0.128. The molecule has 1 saturated heterocycles. The maximum absolute atomic E-state index is 12.8. The van der Waals surface area contributed by atoms with Gasteiger partial charge in [-0.1, -0.05) is 38.0 Å². The van der Waals surface area contributed by atoms with E-state index in [0.29, 0.717) is 18.5 Å². The number of hydrogen-bond donors (Lipinski definition) is 2. The van der Waals surface area contributed by atoms with Crippen molar-refractivity contribution in [2.75, 3.05) is 38.0 Å². The number of carbonyl (C=O) groups is 2. The first-order valence-electron chi connectivity index (χ1n) is 11.5. The predicted molar refractivity (Wildman–Crippen MR) is 122 cm³/mol. The van der Waals surface area contributed by atoms with Crippen molar-refractivity contribution in [2.24, 2.45) is 5.92 Å². The molecule has 1 aliphatic heterocycles. The van der Waals surface area contributed by atoms with Gasteiger partial charge in [-0.3, -0.25) is 19.4 Å². The van der Waals surface area contributed by atoms with Gasteiger partial charge in [-0.2, -0.15) is 0 Å². The summed E-state index contributed by atoms with van der Waals surface area (Å²) in [6, 6.07) is 6.24. The Kier molecular flexibility index (Phi) is 7.89. The number of nitrogens with one attached hydrogen (secondary N) is 2. The molecule has 2 aliphatic rings. The fraction of sp³-hybridized carbons (Fsp3) is 0.667. The van der Waals surface area contributed by atoms with E-state index < -0.39 is 0 Å². The summed E-state index contributed by atoms with van der Waals surface area (Å²) in [5.74, 6) is 0.745. The number of carbonyl (C=O) groups excluding carboxylic acids is 2. The van der Waals surface area contributed by atoms with Crippen molar-refractivity contribution < 1.29 is 9.59 Å². The molecule has 0 bridgehead atoms. The van der Waals surface area contributed by atoms with E-state index in [1.54, 1.807) is 0 Å². The molecule has 2 amide bonds. The zero-order valence-corrected chi connectivity index (χ0v) is 19.0. The molecule has 1 heterocycles. The molecule has 6 heteroatoms. The topological polar surface area (TPSA) is 64.7 Å². The van der Waals surface area contributed by atoms with Gasteiger partial charge in [-0.25, -0.2) is 0 Å².